The molecule has 0 saturated carbocycles. The summed E-state index contributed by atoms with van der Waals surface area (Å²) in [6.45, 7) is -1.25. The van der Waals surface area contributed by atoms with Gasteiger partial charge in [-0.25, -0.2) is 4.79 Å². The van der Waals surface area contributed by atoms with Crippen LogP contribution in [0.1, 0.15) is 21.7 Å². The summed E-state index contributed by atoms with van der Waals surface area (Å²) in [5.41, 5.74) is 2.07. The topological polar surface area (TPSA) is 77.8 Å². The van der Waals surface area contributed by atoms with Crippen molar-refractivity contribution in [3.05, 3.63) is 65.4 Å². The fraction of sp³-hybridized carbons (Fsp3) is 0.238. The largest absolute Gasteiger partial charge is 0.450 e. The number of benzene rings is 2. The van der Waals surface area contributed by atoms with Gasteiger partial charge in [0.2, 0.25) is 5.76 Å². The molecule has 0 saturated heterocycles. The Hall–Kier alpha value is -3.42. The van der Waals surface area contributed by atoms with Crippen LogP contribution in [0.2, 0.25) is 0 Å². The van der Waals surface area contributed by atoms with Gasteiger partial charge in [0.05, 0.1) is 0 Å². The lowest BCUT2D eigenvalue weighted by Crippen LogP contribution is -2.30. The van der Waals surface area contributed by atoms with Crippen molar-refractivity contribution in [3.63, 3.8) is 0 Å². The molecule has 3 rings (SSSR count). The Morgan fingerprint density at radius 3 is 2.52 bits per heavy atom. The van der Waals surface area contributed by atoms with E-state index in [1.807, 2.05) is 12.1 Å². The minimum Gasteiger partial charge on any atom is -0.450 e. The maximum Gasteiger partial charge on any atom is 0.387 e. The van der Waals surface area contributed by atoms with Crippen molar-refractivity contribution in [3.8, 4) is 5.75 Å². The molecule has 0 aliphatic heterocycles. The van der Waals surface area contributed by atoms with E-state index >= 15 is 0 Å². The second kappa shape index (κ2) is 9.18. The summed E-state index contributed by atoms with van der Waals surface area (Å²) in [7, 11) is 0. The average Bonchev–Trinajstić information content (AvgIpc) is 3.04. The number of nitrogens with one attached hydrogen (secondary N) is 1. The molecule has 0 aliphatic rings. The predicted octanol–water partition coefficient (Wildman–Crippen LogP) is 3.86. The molecule has 1 amide bonds. The second-order valence-corrected chi connectivity index (χ2v) is 6.25. The van der Waals surface area contributed by atoms with Gasteiger partial charge in [0.1, 0.15) is 11.3 Å². The number of alkyl halides is 2. The van der Waals surface area contributed by atoms with Crippen LogP contribution in [0.5, 0.6) is 5.75 Å². The number of esters is 1. The Morgan fingerprint density at radius 1 is 1.10 bits per heavy atom. The average molecular weight is 403 g/mol. The van der Waals surface area contributed by atoms with Crippen molar-refractivity contribution in [2.24, 2.45) is 0 Å². The highest BCUT2D eigenvalue weighted by atomic mass is 19.3. The van der Waals surface area contributed by atoms with Gasteiger partial charge in [0.15, 0.2) is 6.61 Å². The number of hydrogen-bond acceptors (Lipinski definition) is 5. The van der Waals surface area contributed by atoms with Gasteiger partial charge in [-0.2, -0.15) is 8.78 Å². The van der Waals surface area contributed by atoms with Gasteiger partial charge in [-0.3, -0.25) is 4.79 Å². The van der Waals surface area contributed by atoms with Crippen molar-refractivity contribution < 1.29 is 32.3 Å². The number of furan rings is 1. The SMILES string of the molecule is Cc1c(C(=O)OCC(=O)NCCc2ccc(OC(F)F)cc2)oc2ccccc12. The highest BCUT2D eigenvalue weighted by Crippen LogP contribution is 2.25. The zero-order valence-corrected chi connectivity index (χ0v) is 15.6. The maximum atomic E-state index is 12.2. The van der Waals surface area contributed by atoms with Crippen LogP contribution in [0.25, 0.3) is 11.0 Å². The van der Waals surface area contributed by atoms with Crippen LogP contribution >= 0.6 is 0 Å². The Bertz CT molecular complexity index is 998. The van der Waals surface area contributed by atoms with E-state index in [1.54, 1.807) is 31.2 Å². The summed E-state index contributed by atoms with van der Waals surface area (Å²) in [6, 6.07) is 13.4. The van der Waals surface area contributed by atoms with Crippen molar-refractivity contribution >= 4 is 22.8 Å². The van der Waals surface area contributed by atoms with Crippen molar-refractivity contribution in [2.45, 2.75) is 20.0 Å². The van der Waals surface area contributed by atoms with E-state index in [1.165, 1.54) is 12.1 Å². The van der Waals surface area contributed by atoms with Crippen molar-refractivity contribution in [2.75, 3.05) is 13.2 Å². The van der Waals surface area contributed by atoms with Gasteiger partial charge < -0.3 is 19.2 Å². The monoisotopic (exact) mass is 403 g/mol. The van der Waals surface area contributed by atoms with Crippen LogP contribution in [-0.2, 0) is 16.0 Å². The van der Waals surface area contributed by atoms with Gasteiger partial charge in [-0.05, 0) is 37.1 Å². The first-order valence-corrected chi connectivity index (χ1v) is 8.89. The Labute approximate surface area is 165 Å². The Balaban J connectivity index is 1.43. The third kappa shape index (κ3) is 5.31. The van der Waals surface area contributed by atoms with Crippen molar-refractivity contribution in [1.29, 1.82) is 0 Å². The molecule has 0 radical (unpaired) electrons. The van der Waals surface area contributed by atoms with E-state index in [-0.39, 0.29) is 11.5 Å². The molecule has 1 heterocycles. The number of halogens is 2. The number of para-hydroxylation sites is 1. The summed E-state index contributed by atoms with van der Waals surface area (Å²) in [5, 5.41) is 3.44. The predicted molar refractivity (Wildman–Crippen MR) is 101 cm³/mol. The van der Waals surface area contributed by atoms with Crippen LogP contribution < -0.4 is 10.1 Å². The number of fused-ring (bicyclic) bond motifs is 1. The zero-order valence-electron chi connectivity index (χ0n) is 15.6. The molecule has 152 valence electrons. The number of ether oxygens (including phenoxy) is 2. The highest BCUT2D eigenvalue weighted by molar-refractivity contribution is 5.96. The Morgan fingerprint density at radius 2 is 1.83 bits per heavy atom. The van der Waals surface area contributed by atoms with E-state index in [0.717, 1.165) is 10.9 Å². The first kappa shape index (κ1) is 20.3. The molecule has 0 aliphatic carbocycles. The fourth-order valence-corrected chi connectivity index (χ4v) is 2.80. The summed E-state index contributed by atoms with van der Waals surface area (Å²) < 4.78 is 39.0. The number of carbonyl (C=O) groups excluding carboxylic acids is 2. The lowest BCUT2D eigenvalue weighted by Gasteiger charge is -2.07. The summed E-state index contributed by atoms with van der Waals surface area (Å²) in [4.78, 5) is 24.1. The number of amides is 1. The molecule has 2 aromatic carbocycles. The van der Waals surface area contributed by atoms with Crippen LogP contribution in [-0.4, -0.2) is 31.6 Å². The molecule has 29 heavy (non-hydrogen) atoms. The van der Waals surface area contributed by atoms with Gasteiger partial charge in [-0.1, -0.05) is 30.3 Å². The Kier molecular flexibility index (Phi) is 6.43. The number of hydrogen-bond donors (Lipinski definition) is 1. The van der Waals surface area contributed by atoms with Gasteiger partial charge in [0.25, 0.3) is 5.91 Å². The highest BCUT2D eigenvalue weighted by Gasteiger charge is 2.19. The molecule has 6 nitrogen and oxygen atoms in total. The number of aryl methyl sites for hydroxylation is 1. The smallest absolute Gasteiger partial charge is 0.387 e. The molecule has 1 aromatic heterocycles. The lowest BCUT2D eigenvalue weighted by atomic mass is 10.1. The summed E-state index contributed by atoms with van der Waals surface area (Å²) in [5.74, 6) is -1.01. The number of rotatable bonds is 8. The van der Waals surface area contributed by atoms with Crippen LogP contribution in [0, 0.1) is 6.92 Å². The summed E-state index contributed by atoms with van der Waals surface area (Å²) in [6.07, 6.45) is 0.483. The second-order valence-electron chi connectivity index (χ2n) is 6.25. The third-order valence-corrected chi connectivity index (χ3v) is 4.25. The number of carbonyl (C=O) groups is 2. The minimum atomic E-state index is -2.87. The first-order chi connectivity index (χ1) is 13.9. The van der Waals surface area contributed by atoms with Crippen LogP contribution in [0.4, 0.5) is 8.78 Å². The van der Waals surface area contributed by atoms with E-state index in [4.69, 9.17) is 9.15 Å². The zero-order chi connectivity index (χ0) is 20.8. The molecule has 1 N–H and O–H groups in total. The standard InChI is InChI=1S/C21H19F2NO5/c1-13-16-4-2-3-5-17(16)29-19(13)20(26)27-12-18(25)24-11-10-14-6-8-15(9-7-14)28-21(22)23/h2-9,21H,10-12H2,1H3,(H,24,25). The molecular weight excluding hydrogens is 384 g/mol. The van der Waals surface area contributed by atoms with Crippen LogP contribution in [0.15, 0.2) is 52.9 Å². The minimum absolute atomic E-state index is 0.0700. The van der Waals surface area contributed by atoms with Gasteiger partial charge in [0, 0.05) is 17.5 Å². The molecule has 0 unspecified atom stereocenters. The van der Waals surface area contributed by atoms with E-state index in [0.29, 0.717) is 24.1 Å². The van der Waals surface area contributed by atoms with E-state index in [2.05, 4.69) is 10.1 Å². The molecule has 0 spiro atoms. The molecule has 0 atom stereocenters. The lowest BCUT2D eigenvalue weighted by molar-refractivity contribution is -0.124. The van der Waals surface area contributed by atoms with E-state index in [9.17, 15) is 18.4 Å². The maximum absolute atomic E-state index is 12.2. The molecule has 3 aromatic rings. The molecule has 0 bridgehead atoms. The van der Waals surface area contributed by atoms with Crippen LogP contribution in [0.3, 0.4) is 0 Å². The van der Waals surface area contributed by atoms with Gasteiger partial charge >= 0.3 is 12.6 Å². The van der Waals surface area contributed by atoms with Crippen molar-refractivity contribution in [1.82, 2.24) is 5.32 Å². The third-order valence-electron chi connectivity index (χ3n) is 4.25. The quantitative estimate of drug-likeness (QED) is 0.578. The summed E-state index contributed by atoms with van der Waals surface area (Å²) >= 11 is 0. The molecule has 8 heteroatoms. The van der Waals surface area contributed by atoms with Gasteiger partial charge in [-0.15, -0.1) is 0 Å². The molecule has 0 fully saturated rings. The molecular formula is C21H19F2NO5. The van der Waals surface area contributed by atoms with E-state index < -0.39 is 25.1 Å². The first-order valence-electron chi connectivity index (χ1n) is 8.89. The normalized spacial score (nSPS) is 10.9. The fourth-order valence-electron chi connectivity index (χ4n) is 2.80.